The number of benzene rings is 1. The first kappa shape index (κ1) is 13.5. The minimum absolute atomic E-state index is 0.127. The van der Waals surface area contributed by atoms with E-state index in [2.05, 4.69) is 17.6 Å². The molecule has 96 valence electrons. The van der Waals surface area contributed by atoms with E-state index in [9.17, 15) is 9.50 Å². The van der Waals surface area contributed by atoms with Crippen LogP contribution in [0.2, 0.25) is 0 Å². The van der Waals surface area contributed by atoms with E-state index in [1.165, 1.54) is 23.5 Å². The first-order chi connectivity index (χ1) is 8.44. The summed E-state index contributed by atoms with van der Waals surface area (Å²) < 4.78 is 13.5. The molecule has 0 aliphatic carbocycles. The summed E-state index contributed by atoms with van der Waals surface area (Å²) in [7, 11) is 0. The summed E-state index contributed by atoms with van der Waals surface area (Å²) in [5, 5.41) is 13.3. The lowest BCUT2D eigenvalue weighted by Gasteiger charge is -2.31. The molecular formula is C13H14FNOS2. The van der Waals surface area contributed by atoms with Gasteiger partial charge in [0.25, 0.3) is 0 Å². The van der Waals surface area contributed by atoms with Crippen LogP contribution in [0.15, 0.2) is 34.7 Å². The number of hydrogen-bond donors (Lipinski definition) is 2. The zero-order chi connectivity index (χ0) is 13.3. The van der Waals surface area contributed by atoms with Gasteiger partial charge in [0.1, 0.15) is 16.4 Å². The van der Waals surface area contributed by atoms with E-state index in [0.717, 1.165) is 0 Å². The van der Waals surface area contributed by atoms with E-state index >= 15 is 0 Å². The molecule has 0 fully saturated rings. The van der Waals surface area contributed by atoms with Gasteiger partial charge in [-0.1, -0.05) is 13.8 Å². The van der Waals surface area contributed by atoms with Crippen LogP contribution < -0.4 is 0 Å². The molecule has 1 atom stereocenters. The molecule has 2 aromatic rings. The van der Waals surface area contributed by atoms with Gasteiger partial charge in [0.2, 0.25) is 0 Å². The van der Waals surface area contributed by atoms with Crippen LogP contribution in [0, 0.1) is 11.7 Å². The number of halogens is 1. The lowest BCUT2D eigenvalue weighted by atomic mass is 9.84. The number of nitrogens with zero attached hydrogens (tertiary/aromatic N) is 1. The van der Waals surface area contributed by atoms with Crippen molar-refractivity contribution in [3.63, 3.8) is 0 Å². The highest BCUT2D eigenvalue weighted by atomic mass is 32.1. The fourth-order valence-corrected chi connectivity index (χ4v) is 3.08. The number of hydrogen-bond acceptors (Lipinski definition) is 4. The molecule has 0 radical (unpaired) electrons. The maximum absolute atomic E-state index is 13.5. The van der Waals surface area contributed by atoms with Gasteiger partial charge >= 0.3 is 0 Å². The third kappa shape index (κ3) is 2.30. The second-order valence-corrected chi connectivity index (χ2v) is 5.87. The van der Waals surface area contributed by atoms with Gasteiger partial charge in [0, 0.05) is 16.5 Å². The van der Waals surface area contributed by atoms with Crippen LogP contribution in [0.3, 0.4) is 0 Å². The zero-order valence-electron chi connectivity index (χ0n) is 10.1. The molecule has 1 N–H and O–H groups in total. The molecule has 1 unspecified atom stereocenters. The highest BCUT2D eigenvalue weighted by molar-refractivity contribution is 7.80. The van der Waals surface area contributed by atoms with Crippen molar-refractivity contribution in [2.45, 2.75) is 24.3 Å². The van der Waals surface area contributed by atoms with Crippen molar-refractivity contribution < 1.29 is 9.50 Å². The van der Waals surface area contributed by atoms with E-state index in [-0.39, 0.29) is 5.92 Å². The quantitative estimate of drug-likeness (QED) is 0.846. The van der Waals surface area contributed by atoms with Crippen LogP contribution in [0.1, 0.15) is 24.4 Å². The van der Waals surface area contributed by atoms with Crippen molar-refractivity contribution in [3.05, 3.63) is 46.2 Å². The third-order valence-electron chi connectivity index (χ3n) is 2.92. The minimum Gasteiger partial charge on any atom is -0.378 e. The Morgan fingerprint density at radius 3 is 2.61 bits per heavy atom. The van der Waals surface area contributed by atoms with Gasteiger partial charge in [-0.3, -0.25) is 0 Å². The number of aromatic nitrogens is 1. The SMILES string of the molecule is CC(C)C(O)(c1cc(F)cc(S)c1)c1nccs1. The third-order valence-corrected chi connectivity index (χ3v) is 4.07. The predicted octanol–water partition coefficient (Wildman–Crippen LogP) is 3.46. The van der Waals surface area contributed by atoms with Crippen molar-refractivity contribution >= 4 is 24.0 Å². The van der Waals surface area contributed by atoms with Crippen molar-refractivity contribution in [3.8, 4) is 0 Å². The van der Waals surface area contributed by atoms with E-state index in [4.69, 9.17) is 0 Å². The smallest absolute Gasteiger partial charge is 0.143 e. The molecule has 0 amide bonds. The summed E-state index contributed by atoms with van der Waals surface area (Å²) in [6, 6.07) is 4.32. The molecule has 0 aliphatic heterocycles. The topological polar surface area (TPSA) is 33.1 Å². The summed E-state index contributed by atoms with van der Waals surface area (Å²) in [5.74, 6) is -0.536. The Kier molecular flexibility index (Phi) is 3.75. The summed E-state index contributed by atoms with van der Waals surface area (Å²) in [6.07, 6.45) is 1.63. The van der Waals surface area contributed by atoms with Crippen molar-refractivity contribution in [1.29, 1.82) is 0 Å². The van der Waals surface area contributed by atoms with Gasteiger partial charge in [-0.05, 0) is 29.7 Å². The molecule has 1 heterocycles. The van der Waals surface area contributed by atoms with Crippen LogP contribution >= 0.6 is 24.0 Å². The Hall–Kier alpha value is -0.910. The fourth-order valence-electron chi connectivity index (χ4n) is 1.91. The summed E-state index contributed by atoms with van der Waals surface area (Å²) >= 11 is 5.51. The van der Waals surface area contributed by atoms with E-state index in [1.54, 1.807) is 17.6 Å². The van der Waals surface area contributed by atoms with Crippen molar-refractivity contribution in [2.75, 3.05) is 0 Å². The number of thiol groups is 1. The second-order valence-electron chi connectivity index (χ2n) is 4.46. The number of aliphatic hydroxyl groups is 1. The molecule has 0 spiro atoms. The van der Waals surface area contributed by atoms with Gasteiger partial charge in [-0.25, -0.2) is 9.37 Å². The van der Waals surface area contributed by atoms with Gasteiger partial charge in [-0.2, -0.15) is 0 Å². The normalized spacial score (nSPS) is 14.8. The first-order valence-corrected chi connectivity index (χ1v) is 6.89. The van der Waals surface area contributed by atoms with Gasteiger partial charge in [-0.15, -0.1) is 24.0 Å². The molecule has 18 heavy (non-hydrogen) atoms. The van der Waals surface area contributed by atoms with E-state index in [0.29, 0.717) is 15.5 Å². The first-order valence-electron chi connectivity index (χ1n) is 5.57. The molecule has 0 bridgehead atoms. The van der Waals surface area contributed by atoms with Gasteiger partial charge < -0.3 is 5.11 Å². The fraction of sp³-hybridized carbons (Fsp3) is 0.308. The van der Waals surface area contributed by atoms with Crippen LogP contribution in [0.4, 0.5) is 4.39 Å². The van der Waals surface area contributed by atoms with Crippen molar-refractivity contribution in [2.24, 2.45) is 5.92 Å². The lowest BCUT2D eigenvalue weighted by Crippen LogP contribution is -2.33. The summed E-state index contributed by atoms with van der Waals surface area (Å²) in [6.45, 7) is 3.76. The minimum atomic E-state index is -1.28. The Labute approximate surface area is 115 Å². The Bertz CT molecular complexity index is 522. The Balaban J connectivity index is 2.61. The maximum atomic E-state index is 13.5. The monoisotopic (exact) mass is 283 g/mol. The molecule has 5 heteroatoms. The largest absolute Gasteiger partial charge is 0.378 e. The van der Waals surface area contributed by atoms with Crippen molar-refractivity contribution in [1.82, 2.24) is 4.98 Å². The van der Waals surface area contributed by atoms with Crippen LogP contribution in [-0.4, -0.2) is 10.1 Å². The Morgan fingerprint density at radius 2 is 2.11 bits per heavy atom. The molecule has 2 rings (SSSR count). The second kappa shape index (κ2) is 4.99. The van der Waals surface area contributed by atoms with Gasteiger partial charge in [0.05, 0.1) is 0 Å². The molecule has 2 nitrogen and oxygen atoms in total. The predicted molar refractivity (Wildman–Crippen MR) is 73.6 cm³/mol. The van der Waals surface area contributed by atoms with E-state index in [1.807, 2.05) is 13.8 Å². The van der Waals surface area contributed by atoms with E-state index < -0.39 is 11.4 Å². The highest BCUT2D eigenvalue weighted by Crippen LogP contribution is 2.38. The van der Waals surface area contributed by atoms with Crippen LogP contribution in [0.25, 0.3) is 0 Å². The standard InChI is InChI=1S/C13H14FNOS2/c1-8(2)13(16,12-15-3-4-18-12)9-5-10(14)7-11(17)6-9/h3-8,16-17H,1-2H3. The molecule has 0 saturated heterocycles. The van der Waals surface area contributed by atoms with Crippen LogP contribution in [-0.2, 0) is 5.60 Å². The van der Waals surface area contributed by atoms with Gasteiger partial charge in [0.15, 0.2) is 0 Å². The van der Waals surface area contributed by atoms with Crippen LogP contribution in [0.5, 0.6) is 0 Å². The highest BCUT2D eigenvalue weighted by Gasteiger charge is 2.38. The molecule has 1 aromatic carbocycles. The Morgan fingerprint density at radius 1 is 1.39 bits per heavy atom. The maximum Gasteiger partial charge on any atom is 0.143 e. The molecule has 0 aliphatic rings. The lowest BCUT2D eigenvalue weighted by molar-refractivity contribution is 0.0310. The molecule has 0 saturated carbocycles. The zero-order valence-corrected chi connectivity index (χ0v) is 11.8. The average molecular weight is 283 g/mol. The molecule has 1 aromatic heterocycles. The number of thiazole rings is 1. The molecular weight excluding hydrogens is 269 g/mol. The summed E-state index contributed by atoms with van der Waals surface area (Å²) in [5.41, 5.74) is -0.800. The summed E-state index contributed by atoms with van der Waals surface area (Å²) in [4.78, 5) is 4.65. The average Bonchev–Trinajstić information content (AvgIpc) is 2.79. The number of rotatable bonds is 3.